The van der Waals surface area contributed by atoms with Crippen molar-refractivity contribution in [3.8, 4) is 5.75 Å². The number of nitrogens with one attached hydrogen (secondary N) is 1. The number of nitrogens with zero attached hydrogens (tertiary/aromatic N) is 2. The predicted octanol–water partition coefficient (Wildman–Crippen LogP) is 0.642. The van der Waals surface area contributed by atoms with Gasteiger partial charge in [-0.1, -0.05) is 12.1 Å². The number of esters is 1. The third-order valence-electron chi connectivity index (χ3n) is 3.99. The number of nitro groups is 1. The van der Waals surface area contributed by atoms with Gasteiger partial charge >= 0.3 is 11.7 Å². The Hall–Kier alpha value is -3.17. The summed E-state index contributed by atoms with van der Waals surface area (Å²) in [6, 6.07) is 4.69. The van der Waals surface area contributed by atoms with Gasteiger partial charge in [0.15, 0.2) is 11.9 Å². The largest absolute Gasteiger partial charge is 0.474 e. The summed E-state index contributed by atoms with van der Waals surface area (Å²) in [4.78, 5) is 48.4. The lowest BCUT2D eigenvalue weighted by atomic mass is 10.1. The zero-order valence-electron chi connectivity index (χ0n) is 15.0. The molecule has 0 aliphatic carbocycles. The van der Waals surface area contributed by atoms with Gasteiger partial charge in [-0.2, -0.15) is 0 Å². The van der Waals surface area contributed by atoms with Crippen molar-refractivity contribution in [2.24, 2.45) is 0 Å². The van der Waals surface area contributed by atoms with Crippen LogP contribution < -0.4 is 10.1 Å². The molecule has 0 aromatic heterocycles. The number of ether oxygens (including phenoxy) is 2. The van der Waals surface area contributed by atoms with E-state index in [9.17, 15) is 24.5 Å². The third-order valence-corrected chi connectivity index (χ3v) is 3.99. The number of hydrogen-bond donors (Lipinski definition) is 1. The van der Waals surface area contributed by atoms with E-state index in [1.807, 2.05) is 0 Å². The summed E-state index contributed by atoms with van der Waals surface area (Å²) < 4.78 is 10.3. The highest BCUT2D eigenvalue weighted by atomic mass is 16.6. The number of carbonyl (C=O) groups is 3. The maximum absolute atomic E-state index is 12.8. The lowest BCUT2D eigenvalue weighted by Crippen LogP contribution is -2.60. The molecule has 1 fully saturated rings. The van der Waals surface area contributed by atoms with Crippen LogP contribution in [0.4, 0.5) is 5.69 Å². The van der Waals surface area contributed by atoms with Crippen molar-refractivity contribution in [3.63, 3.8) is 0 Å². The third kappa shape index (κ3) is 4.93. The van der Waals surface area contributed by atoms with Gasteiger partial charge in [0.2, 0.25) is 5.91 Å². The van der Waals surface area contributed by atoms with Crippen molar-refractivity contribution in [3.05, 3.63) is 34.4 Å². The Labute approximate surface area is 155 Å². The normalized spacial score (nSPS) is 17.6. The van der Waals surface area contributed by atoms with Gasteiger partial charge in [0.1, 0.15) is 6.04 Å². The quantitative estimate of drug-likeness (QED) is 0.418. The average molecular weight is 379 g/mol. The van der Waals surface area contributed by atoms with Crippen molar-refractivity contribution in [2.75, 3.05) is 19.7 Å². The fourth-order valence-corrected chi connectivity index (χ4v) is 2.74. The molecule has 0 bridgehead atoms. The molecular formula is C17H21N3O7. The Morgan fingerprint density at radius 1 is 1.41 bits per heavy atom. The molecule has 0 radical (unpaired) electrons. The molecule has 2 rings (SSSR count). The van der Waals surface area contributed by atoms with Crippen LogP contribution in [0, 0.1) is 10.1 Å². The van der Waals surface area contributed by atoms with Crippen LogP contribution in [0.1, 0.15) is 20.3 Å². The summed E-state index contributed by atoms with van der Waals surface area (Å²) in [5, 5.41) is 13.7. The molecule has 0 spiro atoms. The monoisotopic (exact) mass is 379 g/mol. The minimum atomic E-state index is -1.08. The first kappa shape index (κ1) is 20.1. The standard InChI is InChI=1S/C17H21N3O7/c1-3-26-15(21)10-13-16(22)18-8-9-19(13)17(23)11(2)27-14-7-5-4-6-12(14)20(24)25/h4-7,11,13H,3,8-10H2,1-2H3,(H,18,22)/t11-,13+/m0/s1. The summed E-state index contributed by atoms with van der Waals surface area (Å²) in [7, 11) is 0. The second-order valence-electron chi connectivity index (χ2n) is 5.83. The molecule has 2 atom stereocenters. The summed E-state index contributed by atoms with van der Waals surface area (Å²) >= 11 is 0. The van der Waals surface area contributed by atoms with Gasteiger partial charge in [0.05, 0.1) is 18.0 Å². The number of rotatable bonds is 7. The highest BCUT2D eigenvalue weighted by Crippen LogP contribution is 2.27. The SMILES string of the molecule is CCOC(=O)C[C@@H]1C(=O)NCCN1C(=O)[C@H](C)Oc1ccccc1[N+](=O)[O-]. The van der Waals surface area contributed by atoms with E-state index in [1.165, 1.54) is 30.0 Å². The van der Waals surface area contributed by atoms with Crippen molar-refractivity contribution >= 4 is 23.5 Å². The molecule has 0 saturated carbocycles. The molecule has 1 aliphatic heterocycles. The van der Waals surface area contributed by atoms with Gasteiger partial charge in [-0.15, -0.1) is 0 Å². The fraction of sp³-hybridized carbons (Fsp3) is 0.471. The first-order valence-corrected chi connectivity index (χ1v) is 8.49. The van der Waals surface area contributed by atoms with E-state index in [-0.39, 0.29) is 37.6 Å². The molecule has 10 nitrogen and oxygen atoms in total. The Bertz CT molecular complexity index is 737. The number of nitro benzene ring substituents is 1. The fourth-order valence-electron chi connectivity index (χ4n) is 2.74. The van der Waals surface area contributed by atoms with E-state index in [4.69, 9.17) is 9.47 Å². The van der Waals surface area contributed by atoms with Gasteiger partial charge in [0, 0.05) is 19.2 Å². The second kappa shape index (κ2) is 8.97. The van der Waals surface area contributed by atoms with Crippen LogP contribution in [0.3, 0.4) is 0 Å². The molecule has 27 heavy (non-hydrogen) atoms. The van der Waals surface area contributed by atoms with E-state index in [2.05, 4.69) is 5.32 Å². The molecule has 10 heteroatoms. The highest BCUT2D eigenvalue weighted by molar-refractivity contribution is 5.93. The Morgan fingerprint density at radius 2 is 2.11 bits per heavy atom. The second-order valence-corrected chi connectivity index (χ2v) is 5.83. The summed E-state index contributed by atoms with van der Waals surface area (Å²) in [5.41, 5.74) is -0.267. The Kier molecular flexibility index (Phi) is 6.69. The first-order chi connectivity index (χ1) is 12.8. The topological polar surface area (TPSA) is 128 Å². The van der Waals surface area contributed by atoms with Gasteiger partial charge in [-0.05, 0) is 19.9 Å². The molecular weight excluding hydrogens is 358 g/mol. The zero-order valence-corrected chi connectivity index (χ0v) is 15.0. The lowest BCUT2D eigenvalue weighted by Gasteiger charge is -2.35. The highest BCUT2D eigenvalue weighted by Gasteiger charge is 2.37. The van der Waals surface area contributed by atoms with Crippen LogP contribution in [0.2, 0.25) is 0 Å². The molecule has 1 heterocycles. The first-order valence-electron chi connectivity index (χ1n) is 8.49. The van der Waals surface area contributed by atoms with Crippen LogP contribution in [0.25, 0.3) is 0 Å². The predicted molar refractivity (Wildman–Crippen MR) is 92.9 cm³/mol. The molecule has 1 N–H and O–H groups in total. The lowest BCUT2D eigenvalue weighted by molar-refractivity contribution is -0.386. The smallest absolute Gasteiger partial charge is 0.310 e. The van der Waals surface area contributed by atoms with E-state index in [0.717, 1.165) is 0 Å². The molecule has 1 saturated heterocycles. The average Bonchev–Trinajstić information content (AvgIpc) is 2.63. The number of benzene rings is 1. The number of hydrogen-bond acceptors (Lipinski definition) is 7. The van der Waals surface area contributed by atoms with Crippen molar-refractivity contribution in [1.82, 2.24) is 10.2 Å². The molecule has 2 amide bonds. The van der Waals surface area contributed by atoms with Gasteiger partial charge in [-0.3, -0.25) is 24.5 Å². The minimum Gasteiger partial charge on any atom is -0.474 e. The maximum Gasteiger partial charge on any atom is 0.310 e. The van der Waals surface area contributed by atoms with E-state index in [0.29, 0.717) is 0 Å². The summed E-state index contributed by atoms with van der Waals surface area (Å²) in [5.74, 6) is -1.64. The number of piperazine rings is 1. The van der Waals surface area contributed by atoms with Gasteiger partial charge in [0.25, 0.3) is 5.91 Å². The summed E-state index contributed by atoms with van der Waals surface area (Å²) in [6.45, 7) is 3.68. The Morgan fingerprint density at radius 3 is 2.78 bits per heavy atom. The Balaban J connectivity index is 2.14. The van der Waals surface area contributed by atoms with Crippen molar-refractivity contribution in [2.45, 2.75) is 32.4 Å². The van der Waals surface area contributed by atoms with Gasteiger partial charge < -0.3 is 19.7 Å². The number of amides is 2. The maximum atomic E-state index is 12.8. The number of para-hydroxylation sites is 2. The molecule has 146 valence electrons. The van der Waals surface area contributed by atoms with Crippen molar-refractivity contribution < 1.29 is 28.8 Å². The minimum absolute atomic E-state index is 0.0493. The summed E-state index contributed by atoms with van der Waals surface area (Å²) in [6.07, 6.45) is -1.36. The van der Waals surface area contributed by atoms with Crippen LogP contribution >= 0.6 is 0 Å². The van der Waals surface area contributed by atoms with E-state index >= 15 is 0 Å². The van der Waals surface area contributed by atoms with Crippen LogP contribution in [0.15, 0.2) is 24.3 Å². The van der Waals surface area contributed by atoms with E-state index < -0.39 is 34.9 Å². The van der Waals surface area contributed by atoms with Crippen molar-refractivity contribution in [1.29, 1.82) is 0 Å². The van der Waals surface area contributed by atoms with E-state index in [1.54, 1.807) is 13.0 Å². The molecule has 0 unspecified atom stereocenters. The van der Waals surface area contributed by atoms with Crippen LogP contribution in [-0.2, 0) is 19.1 Å². The van der Waals surface area contributed by atoms with Crippen LogP contribution in [-0.4, -0.2) is 59.4 Å². The molecule has 1 aliphatic rings. The van der Waals surface area contributed by atoms with Crippen LogP contribution in [0.5, 0.6) is 5.75 Å². The zero-order chi connectivity index (χ0) is 20.0. The molecule has 1 aromatic carbocycles. The number of carbonyl (C=O) groups excluding carboxylic acids is 3. The molecule has 1 aromatic rings. The van der Waals surface area contributed by atoms with Gasteiger partial charge in [-0.25, -0.2) is 0 Å².